The van der Waals surface area contributed by atoms with Crippen LogP contribution < -0.4 is 0 Å². The second kappa shape index (κ2) is 9.01. The highest BCUT2D eigenvalue weighted by atomic mass is 35.5. The normalized spacial score (nSPS) is 25.3. The average Bonchev–Trinajstić information content (AvgIpc) is 3.15. The average molecular weight is 434 g/mol. The first-order chi connectivity index (χ1) is 14.5. The molecule has 0 spiro atoms. The van der Waals surface area contributed by atoms with Crippen LogP contribution in [0.4, 0.5) is 0 Å². The van der Waals surface area contributed by atoms with Crippen LogP contribution in [-0.4, -0.2) is 87.3 Å². The molecule has 2 aliphatic rings. The number of aliphatic hydroxyl groups is 1. The summed E-state index contributed by atoms with van der Waals surface area (Å²) >= 11 is 5.96. The molecule has 0 unspecified atom stereocenters. The van der Waals surface area contributed by atoms with E-state index >= 15 is 0 Å². The summed E-state index contributed by atoms with van der Waals surface area (Å²) in [6, 6.07) is 7.01. The van der Waals surface area contributed by atoms with Crippen molar-refractivity contribution in [1.82, 2.24) is 24.8 Å². The fourth-order valence-electron chi connectivity index (χ4n) is 4.54. The molecule has 1 amide bonds. The van der Waals surface area contributed by atoms with Crippen molar-refractivity contribution < 1.29 is 14.6 Å². The van der Waals surface area contributed by atoms with Gasteiger partial charge in [0.2, 0.25) is 0 Å². The minimum Gasteiger partial charge on any atom is -0.389 e. The summed E-state index contributed by atoms with van der Waals surface area (Å²) in [6.45, 7) is 4.84. The molecule has 1 N–H and O–H groups in total. The maximum atomic E-state index is 13.2. The molecule has 9 heteroatoms. The molecule has 2 fully saturated rings. The second-order valence-electron chi connectivity index (χ2n) is 8.03. The molecule has 8 nitrogen and oxygen atoms in total. The quantitative estimate of drug-likeness (QED) is 0.793. The summed E-state index contributed by atoms with van der Waals surface area (Å²) in [4.78, 5) is 17.2. The first-order valence-electron chi connectivity index (χ1n) is 10.4. The third-order valence-corrected chi connectivity index (χ3v) is 6.54. The smallest absolute Gasteiger partial charge is 0.276 e. The summed E-state index contributed by atoms with van der Waals surface area (Å²) in [6.07, 6.45) is 2.08. The molecule has 1 aliphatic carbocycles. The third kappa shape index (κ3) is 4.09. The van der Waals surface area contributed by atoms with E-state index in [2.05, 4.69) is 15.2 Å². The Morgan fingerprint density at radius 1 is 1.23 bits per heavy atom. The van der Waals surface area contributed by atoms with E-state index in [9.17, 15) is 9.90 Å². The summed E-state index contributed by atoms with van der Waals surface area (Å²) < 4.78 is 7.07. The highest BCUT2D eigenvalue weighted by molar-refractivity contribution is 6.30. The van der Waals surface area contributed by atoms with Gasteiger partial charge in [0.25, 0.3) is 5.91 Å². The molecule has 3 atom stereocenters. The van der Waals surface area contributed by atoms with Crippen molar-refractivity contribution in [3.8, 4) is 5.69 Å². The van der Waals surface area contributed by atoms with Gasteiger partial charge in [0.05, 0.1) is 36.7 Å². The van der Waals surface area contributed by atoms with Gasteiger partial charge in [-0.15, -0.1) is 5.10 Å². The van der Waals surface area contributed by atoms with E-state index in [-0.39, 0.29) is 18.0 Å². The Morgan fingerprint density at radius 2 is 1.93 bits per heavy atom. The van der Waals surface area contributed by atoms with Gasteiger partial charge < -0.3 is 14.7 Å². The summed E-state index contributed by atoms with van der Waals surface area (Å²) in [5.74, 6) is -0.223. The number of carbonyl (C=O) groups is 1. The van der Waals surface area contributed by atoms with E-state index in [0.717, 1.165) is 38.0 Å². The Bertz CT molecular complexity index is 881. The number of aromatic nitrogens is 3. The zero-order chi connectivity index (χ0) is 21.3. The zero-order valence-corrected chi connectivity index (χ0v) is 18.1. The Hall–Kier alpha value is -2.00. The predicted molar refractivity (Wildman–Crippen MR) is 113 cm³/mol. The van der Waals surface area contributed by atoms with Crippen LogP contribution >= 0.6 is 11.6 Å². The Labute approximate surface area is 181 Å². The number of rotatable bonds is 4. The van der Waals surface area contributed by atoms with E-state index in [1.165, 1.54) is 0 Å². The molecule has 30 heavy (non-hydrogen) atoms. The molecule has 4 rings (SSSR count). The van der Waals surface area contributed by atoms with E-state index in [1.54, 1.807) is 28.8 Å². The van der Waals surface area contributed by atoms with Crippen LogP contribution in [0.5, 0.6) is 0 Å². The number of halogens is 1. The minimum atomic E-state index is -0.600. The lowest BCUT2D eigenvalue weighted by atomic mass is 9.86. The van der Waals surface area contributed by atoms with Gasteiger partial charge in [0.1, 0.15) is 0 Å². The summed E-state index contributed by atoms with van der Waals surface area (Å²) in [5.41, 5.74) is 1.74. The summed E-state index contributed by atoms with van der Waals surface area (Å²) in [7, 11) is 1.75. The molecular weight excluding hydrogens is 406 g/mol. The number of hydrogen-bond acceptors (Lipinski definition) is 6. The largest absolute Gasteiger partial charge is 0.389 e. The van der Waals surface area contributed by atoms with Gasteiger partial charge in [-0.25, -0.2) is 4.68 Å². The number of nitrogens with zero attached hydrogens (tertiary/aromatic N) is 5. The molecule has 162 valence electrons. The van der Waals surface area contributed by atoms with Gasteiger partial charge in [-0.3, -0.25) is 9.69 Å². The molecule has 2 heterocycles. The topological polar surface area (TPSA) is 83.7 Å². The lowest BCUT2D eigenvalue weighted by Gasteiger charge is -2.45. The van der Waals surface area contributed by atoms with Gasteiger partial charge in [-0.05, 0) is 50.5 Å². The maximum absolute atomic E-state index is 13.2. The maximum Gasteiger partial charge on any atom is 0.276 e. The van der Waals surface area contributed by atoms with E-state index in [1.807, 2.05) is 19.1 Å². The van der Waals surface area contributed by atoms with Crippen LogP contribution in [-0.2, 0) is 4.74 Å². The van der Waals surface area contributed by atoms with Crippen LogP contribution in [0.3, 0.4) is 0 Å². The second-order valence-corrected chi connectivity index (χ2v) is 8.47. The van der Waals surface area contributed by atoms with Crippen LogP contribution in [0.1, 0.15) is 35.4 Å². The zero-order valence-electron chi connectivity index (χ0n) is 17.4. The number of carbonyl (C=O) groups excluding carboxylic acids is 1. The lowest BCUT2D eigenvalue weighted by molar-refractivity contribution is -0.0614. The molecule has 1 saturated heterocycles. The first kappa shape index (κ1) is 21.2. The number of benzene rings is 1. The molecule has 1 saturated carbocycles. The number of amides is 1. The van der Waals surface area contributed by atoms with Crippen LogP contribution in [0, 0.1) is 6.92 Å². The van der Waals surface area contributed by atoms with Gasteiger partial charge >= 0.3 is 0 Å². The number of morpholine rings is 1. The van der Waals surface area contributed by atoms with Crippen LogP contribution in [0.2, 0.25) is 5.02 Å². The van der Waals surface area contributed by atoms with Crippen molar-refractivity contribution in [2.24, 2.45) is 0 Å². The highest BCUT2D eigenvalue weighted by Gasteiger charge is 2.40. The van der Waals surface area contributed by atoms with Crippen molar-refractivity contribution in [3.05, 3.63) is 40.7 Å². The van der Waals surface area contributed by atoms with Crippen molar-refractivity contribution in [3.63, 3.8) is 0 Å². The molecule has 1 aliphatic heterocycles. The van der Waals surface area contributed by atoms with Crippen molar-refractivity contribution in [2.45, 2.75) is 44.4 Å². The third-order valence-electron chi connectivity index (χ3n) is 6.29. The van der Waals surface area contributed by atoms with E-state index in [4.69, 9.17) is 16.3 Å². The molecular formula is C21H28ClN5O3. The first-order valence-corrected chi connectivity index (χ1v) is 10.8. The monoisotopic (exact) mass is 433 g/mol. The van der Waals surface area contributed by atoms with E-state index in [0.29, 0.717) is 29.6 Å². The Balaban J connectivity index is 1.51. The van der Waals surface area contributed by atoms with Gasteiger partial charge in [-0.1, -0.05) is 16.8 Å². The van der Waals surface area contributed by atoms with Crippen molar-refractivity contribution >= 4 is 17.5 Å². The molecule has 2 aromatic rings. The molecule has 1 aromatic carbocycles. The number of likely N-dealkylation sites (N-methyl/N-ethyl adjacent to an activating group) is 1. The van der Waals surface area contributed by atoms with Crippen molar-refractivity contribution in [1.29, 1.82) is 0 Å². The minimum absolute atomic E-state index is 0.0498. The Morgan fingerprint density at radius 3 is 2.63 bits per heavy atom. The van der Waals surface area contributed by atoms with Gasteiger partial charge in [0, 0.05) is 31.2 Å². The van der Waals surface area contributed by atoms with Gasteiger partial charge in [0.15, 0.2) is 5.69 Å². The number of aliphatic hydroxyl groups excluding tert-OH is 1. The Kier molecular flexibility index (Phi) is 6.38. The fourth-order valence-corrected chi connectivity index (χ4v) is 4.66. The molecule has 1 aromatic heterocycles. The number of hydrogen-bond donors (Lipinski definition) is 1. The van der Waals surface area contributed by atoms with Gasteiger partial charge in [-0.2, -0.15) is 0 Å². The summed E-state index contributed by atoms with van der Waals surface area (Å²) in [5, 5.41) is 20.0. The highest BCUT2D eigenvalue weighted by Crippen LogP contribution is 2.28. The van der Waals surface area contributed by atoms with Crippen LogP contribution in [0.25, 0.3) is 5.69 Å². The lowest BCUT2D eigenvalue weighted by Crippen LogP contribution is -2.58. The van der Waals surface area contributed by atoms with Crippen LogP contribution in [0.15, 0.2) is 24.3 Å². The fraction of sp³-hybridized carbons (Fsp3) is 0.571. The van der Waals surface area contributed by atoms with Crippen molar-refractivity contribution in [2.75, 3.05) is 33.4 Å². The van der Waals surface area contributed by atoms with E-state index < -0.39 is 6.10 Å². The predicted octanol–water partition coefficient (Wildman–Crippen LogP) is 1.92. The standard InChI is InChI=1S/C21H28ClN5O3/c1-14-19(23-24-27(14)16-8-6-15(22)7-9-16)21(29)25(2)17-4-3-5-18(20(17)28)26-10-12-30-13-11-26/h6-9,17-18,20,28H,3-5,10-13H2,1-2H3/t17-,18-,20-/m1/s1. The number of ether oxygens (including phenoxy) is 1. The molecule has 0 radical (unpaired) electrons. The SMILES string of the molecule is Cc1c(C(=O)N(C)[C@@H]2CCC[C@@H](N3CCOCC3)[C@@H]2O)nnn1-c1ccc(Cl)cc1. The molecule has 0 bridgehead atoms.